The Bertz CT molecular complexity index is 943. The van der Waals surface area contributed by atoms with Crippen molar-refractivity contribution in [3.8, 4) is 16.3 Å². The first-order chi connectivity index (χ1) is 12.1. The third-order valence-corrected chi connectivity index (χ3v) is 6.27. The van der Waals surface area contributed by atoms with Crippen LogP contribution in [-0.2, 0) is 11.8 Å². The van der Waals surface area contributed by atoms with E-state index < -0.39 is 15.5 Å². The first kappa shape index (κ1) is 19.4. The number of para-hydroxylation sites is 1. The smallest absolute Gasteiger partial charge is 0.423 e. The lowest BCUT2D eigenvalue weighted by Gasteiger charge is -2.31. The van der Waals surface area contributed by atoms with Gasteiger partial charge in [0.1, 0.15) is 0 Å². The van der Waals surface area contributed by atoms with Crippen LogP contribution >= 0.6 is 46.1 Å². The van der Waals surface area contributed by atoms with Crippen LogP contribution in [0.4, 0.5) is 4.79 Å². The number of aromatic nitrogens is 1. The van der Waals surface area contributed by atoms with Gasteiger partial charge < -0.3 is 14.0 Å². The van der Waals surface area contributed by atoms with Crippen LogP contribution in [0.2, 0.25) is 0 Å². The second-order valence-electron chi connectivity index (χ2n) is 6.20. The number of benzene rings is 1. The second kappa shape index (κ2) is 6.97. The van der Waals surface area contributed by atoms with Crippen LogP contribution in [0, 0.1) is 0 Å². The molecular weight excluding hydrogens is 417 g/mol. The van der Waals surface area contributed by atoms with Gasteiger partial charge in [-0.05, 0) is 31.4 Å². The quantitative estimate of drug-likeness (QED) is 0.347. The molecule has 0 atom stereocenters. The molecule has 0 aliphatic rings. The molecular formula is C18H16Cl3NO3S. The van der Waals surface area contributed by atoms with Crippen LogP contribution < -0.4 is 4.74 Å². The zero-order valence-electron chi connectivity index (χ0n) is 14.3. The summed E-state index contributed by atoms with van der Waals surface area (Å²) < 4.78 is 10.8. The molecule has 2 aromatic heterocycles. The van der Waals surface area contributed by atoms with Crippen molar-refractivity contribution in [2.75, 3.05) is 0 Å². The van der Waals surface area contributed by atoms with Gasteiger partial charge in [0.15, 0.2) is 5.60 Å². The van der Waals surface area contributed by atoms with Crippen molar-refractivity contribution in [1.82, 2.24) is 4.57 Å². The summed E-state index contributed by atoms with van der Waals surface area (Å²) in [6.45, 7) is 3.01. The lowest BCUT2D eigenvalue weighted by molar-refractivity contribution is 0.0103. The maximum atomic E-state index is 12.4. The minimum atomic E-state index is -1.79. The lowest BCUT2D eigenvalue weighted by Crippen LogP contribution is -2.42. The number of fused-ring (bicyclic) bond motifs is 1. The number of rotatable bonds is 3. The van der Waals surface area contributed by atoms with Gasteiger partial charge in [0.05, 0.1) is 11.1 Å². The maximum Gasteiger partial charge on any atom is 0.515 e. The molecule has 0 radical (unpaired) electrons. The van der Waals surface area contributed by atoms with E-state index in [2.05, 4.69) is 0 Å². The Hall–Kier alpha value is -1.40. The average Bonchev–Trinajstić information content (AvgIpc) is 3.14. The van der Waals surface area contributed by atoms with Crippen LogP contribution in [0.1, 0.15) is 13.8 Å². The van der Waals surface area contributed by atoms with Crippen molar-refractivity contribution >= 4 is 63.2 Å². The Balaban J connectivity index is 2.02. The molecule has 0 unspecified atom stereocenters. The molecule has 0 fully saturated rings. The maximum absolute atomic E-state index is 12.4. The van der Waals surface area contributed by atoms with Gasteiger partial charge in [-0.15, -0.1) is 11.3 Å². The lowest BCUT2D eigenvalue weighted by atomic mass is 10.1. The van der Waals surface area contributed by atoms with E-state index in [9.17, 15) is 4.79 Å². The van der Waals surface area contributed by atoms with Gasteiger partial charge in [0.2, 0.25) is 9.67 Å². The molecule has 0 N–H and O–H groups in total. The Morgan fingerprint density at radius 3 is 2.42 bits per heavy atom. The number of carbonyl (C=O) groups is 1. The molecule has 0 bridgehead atoms. The van der Waals surface area contributed by atoms with E-state index in [4.69, 9.17) is 44.3 Å². The molecule has 0 spiro atoms. The summed E-state index contributed by atoms with van der Waals surface area (Å²) in [5.41, 5.74) is 0.392. The predicted octanol–water partition coefficient (Wildman–Crippen LogP) is 6.57. The number of aryl methyl sites for hydroxylation is 1. The summed E-state index contributed by atoms with van der Waals surface area (Å²) in [5, 5.41) is 2.94. The summed E-state index contributed by atoms with van der Waals surface area (Å²) in [5.74, 6) is 0.374. The van der Waals surface area contributed by atoms with Gasteiger partial charge in [0, 0.05) is 17.3 Å². The zero-order chi connectivity index (χ0) is 19.1. The molecule has 0 amide bonds. The second-order valence-corrected chi connectivity index (χ2v) is 9.42. The first-order valence-corrected chi connectivity index (χ1v) is 9.72. The third kappa shape index (κ3) is 3.54. The molecule has 4 nitrogen and oxygen atoms in total. The van der Waals surface area contributed by atoms with E-state index in [1.54, 1.807) is 15.9 Å². The van der Waals surface area contributed by atoms with Crippen molar-refractivity contribution in [3.05, 3.63) is 41.8 Å². The van der Waals surface area contributed by atoms with Gasteiger partial charge >= 0.3 is 6.16 Å². The molecule has 8 heteroatoms. The molecule has 1 aromatic carbocycles. The van der Waals surface area contributed by atoms with E-state index in [1.807, 2.05) is 48.8 Å². The molecule has 0 saturated carbocycles. The van der Waals surface area contributed by atoms with Gasteiger partial charge in [-0.3, -0.25) is 0 Å². The fourth-order valence-corrected chi connectivity index (χ4v) is 3.41. The van der Waals surface area contributed by atoms with E-state index in [-0.39, 0.29) is 0 Å². The van der Waals surface area contributed by atoms with Crippen molar-refractivity contribution in [1.29, 1.82) is 0 Å². The number of carbonyl (C=O) groups excluding carboxylic acids is 1. The highest BCUT2D eigenvalue weighted by atomic mass is 35.6. The summed E-state index contributed by atoms with van der Waals surface area (Å²) in [6, 6.07) is 11.7. The molecule has 0 saturated heterocycles. The predicted molar refractivity (Wildman–Crippen MR) is 108 cm³/mol. The number of nitrogens with zero attached hydrogens (tertiary/aromatic N) is 1. The van der Waals surface area contributed by atoms with Gasteiger partial charge in [0.25, 0.3) is 0 Å². The van der Waals surface area contributed by atoms with E-state index >= 15 is 0 Å². The van der Waals surface area contributed by atoms with Gasteiger partial charge in [-0.25, -0.2) is 4.79 Å². The standard InChI is InChI=1S/C18H16Cl3NO3S/c1-17(2,18(19,20)21)25-16(23)24-15-14(13-9-6-10-26-13)11-7-4-5-8-12(11)22(15)3/h4-10H,1-3H3. The summed E-state index contributed by atoms with van der Waals surface area (Å²) in [4.78, 5) is 13.4. The molecule has 3 aromatic rings. The molecule has 138 valence electrons. The Morgan fingerprint density at radius 1 is 1.12 bits per heavy atom. The van der Waals surface area contributed by atoms with Crippen LogP contribution in [0.5, 0.6) is 5.88 Å². The molecule has 3 rings (SSSR count). The first-order valence-electron chi connectivity index (χ1n) is 7.70. The SMILES string of the molecule is Cn1c(OC(=O)OC(C)(C)C(Cl)(Cl)Cl)c(-c2cccs2)c2ccccc21. The van der Waals surface area contributed by atoms with Crippen LogP contribution in [0.15, 0.2) is 41.8 Å². The Morgan fingerprint density at radius 2 is 1.81 bits per heavy atom. The monoisotopic (exact) mass is 431 g/mol. The van der Waals surface area contributed by atoms with Crippen molar-refractivity contribution in [2.45, 2.75) is 23.2 Å². The highest BCUT2D eigenvalue weighted by Gasteiger charge is 2.45. The number of halogens is 3. The Labute approximate surface area is 170 Å². The van der Waals surface area contributed by atoms with Gasteiger partial charge in [-0.2, -0.15) is 0 Å². The van der Waals surface area contributed by atoms with Crippen LogP contribution in [0.25, 0.3) is 21.3 Å². The summed E-state index contributed by atoms with van der Waals surface area (Å²) in [6.07, 6.45) is -0.940. The topological polar surface area (TPSA) is 40.5 Å². The number of hydrogen-bond donors (Lipinski definition) is 0. The molecule has 2 heterocycles. The van der Waals surface area contributed by atoms with Gasteiger partial charge in [-0.1, -0.05) is 59.1 Å². The number of ether oxygens (including phenoxy) is 2. The van der Waals surface area contributed by atoms with Crippen LogP contribution in [-0.4, -0.2) is 20.1 Å². The summed E-state index contributed by atoms with van der Waals surface area (Å²) >= 11 is 19.2. The zero-order valence-corrected chi connectivity index (χ0v) is 17.3. The Kier molecular flexibility index (Phi) is 5.19. The van der Waals surface area contributed by atoms with Crippen LogP contribution in [0.3, 0.4) is 0 Å². The number of thiophene rings is 1. The fraction of sp³-hybridized carbons (Fsp3) is 0.278. The largest absolute Gasteiger partial charge is 0.515 e. The minimum absolute atomic E-state index is 0.374. The van der Waals surface area contributed by atoms with Crippen molar-refractivity contribution in [3.63, 3.8) is 0 Å². The number of hydrogen-bond acceptors (Lipinski definition) is 4. The highest BCUT2D eigenvalue weighted by Crippen LogP contribution is 2.43. The molecule has 0 aliphatic carbocycles. The fourth-order valence-electron chi connectivity index (χ4n) is 2.51. The average molecular weight is 433 g/mol. The molecule has 0 aliphatic heterocycles. The molecule has 26 heavy (non-hydrogen) atoms. The normalized spacial score (nSPS) is 12.4. The highest BCUT2D eigenvalue weighted by molar-refractivity contribution is 7.13. The van der Waals surface area contributed by atoms with E-state index in [0.717, 1.165) is 21.3 Å². The van der Waals surface area contributed by atoms with E-state index in [0.29, 0.717) is 5.88 Å². The van der Waals surface area contributed by atoms with Crippen molar-refractivity contribution in [2.24, 2.45) is 7.05 Å². The van der Waals surface area contributed by atoms with E-state index in [1.165, 1.54) is 13.8 Å². The van der Waals surface area contributed by atoms with Crippen molar-refractivity contribution < 1.29 is 14.3 Å². The minimum Gasteiger partial charge on any atom is -0.423 e. The number of alkyl halides is 3. The third-order valence-electron chi connectivity index (χ3n) is 4.02. The summed E-state index contributed by atoms with van der Waals surface area (Å²) in [7, 11) is 1.82.